The van der Waals surface area contributed by atoms with E-state index in [1.54, 1.807) is 0 Å². The van der Waals surface area contributed by atoms with Crippen molar-refractivity contribution in [3.63, 3.8) is 0 Å². The molecule has 0 spiro atoms. The van der Waals surface area contributed by atoms with Crippen LogP contribution in [0.4, 0.5) is 0 Å². The standard InChI is InChI=1S/C16H25NO/c1-15(2,3)13-8-4-5-9-14(13)18-16(12-17)10-6-7-11-16/h4-5,8-9H,6-7,10-12,17H2,1-3H3. The molecule has 0 amide bonds. The molecule has 1 aliphatic carbocycles. The number of hydrogen-bond donors (Lipinski definition) is 1. The van der Waals surface area contributed by atoms with Crippen LogP contribution in [0.3, 0.4) is 0 Å². The van der Waals surface area contributed by atoms with Crippen molar-refractivity contribution >= 4 is 0 Å². The summed E-state index contributed by atoms with van der Waals surface area (Å²) in [7, 11) is 0. The zero-order valence-corrected chi connectivity index (χ0v) is 11.8. The van der Waals surface area contributed by atoms with Crippen molar-refractivity contribution in [1.29, 1.82) is 0 Å². The van der Waals surface area contributed by atoms with Gasteiger partial charge >= 0.3 is 0 Å². The molecule has 0 bridgehead atoms. The summed E-state index contributed by atoms with van der Waals surface area (Å²) in [4.78, 5) is 0. The Kier molecular flexibility index (Phi) is 3.67. The van der Waals surface area contributed by atoms with Crippen LogP contribution in [0.5, 0.6) is 5.75 Å². The number of para-hydroxylation sites is 1. The third kappa shape index (κ3) is 2.69. The van der Waals surface area contributed by atoms with Crippen molar-refractivity contribution < 1.29 is 4.74 Å². The molecule has 2 heteroatoms. The van der Waals surface area contributed by atoms with E-state index >= 15 is 0 Å². The minimum absolute atomic E-state index is 0.102. The Morgan fingerprint density at radius 3 is 2.33 bits per heavy atom. The van der Waals surface area contributed by atoms with Gasteiger partial charge in [-0.1, -0.05) is 39.0 Å². The van der Waals surface area contributed by atoms with E-state index in [9.17, 15) is 0 Å². The summed E-state index contributed by atoms with van der Waals surface area (Å²) in [5.41, 5.74) is 7.20. The van der Waals surface area contributed by atoms with Crippen LogP contribution in [0, 0.1) is 0 Å². The molecule has 1 fully saturated rings. The first-order chi connectivity index (χ1) is 8.47. The highest BCUT2D eigenvalue weighted by Gasteiger charge is 2.35. The molecule has 2 nitrogen and oxygen atoms in total. The fraction of sp³-hybridized carbons (Fsp3) is 0.625. The quantitative estimate of drug-likeness (QED) is 0.885. The van der Waals surface area contributed by atoms with Gasteiger partial charge < -0.3 is 10.5 Å². The lowest BCUT2D eigenvalue weighted by Crippen LogP contribution is -2.41. The molecular weight excluding hydrogens is 222 g/mol. The molecule has 1 aromatic carbocycles. The van der Waals surface area contributed by atoms with Crippen LogP contribution in [0.2, 0.25) is 0 Å². The van der Waals surface area contributed by atoms with Gasteiger partial charge in [-0.2, -0.15) is 0 Å². The van der Waals surface area contributed by atoms with Crippen molar-refractivity contribution in [2.45, 2.75) is 57.5 Å². The lowest BCUT2D eigenvalue weighted by atomic mass is 9.86. The van der Waals surface area contributed by atoms with Gasteiger partial charge in [-0.15, -0.1) is 0 Å². The van der Waals surface area contributed by atoms with Gasteiger partial charge in [0.05, 0.1) is 0 Å². The van der Waals surface area contributed by atoms with Crippen molar-refractivity contribution in [3.05, 3.63) is 29.8 Å². The molecule has 100 valence electrons. The predicted molar refractivity (Wildman–Crippen MR) is 76.0 cm³/mol. The first kappa shape index (κ1) is 13.4. The number of rotatable bonds is 3. The van der Waals surface area contributed by atoms with Gasteiger partial charge in [0, 0.05) is 6.54 Å². The van der Waals surface area contributed by atoms with Crippen LogP contribution in [-0.4, -0.2) is 12.1 Å². The van der Waals surface area contributed by atoms with E-state index in [2.05, 4.69) is 39.0 Å². The Morgan fingerprint density at radius 1 is 1.17 bits per heavy atom. The molecule has 1 saturated carbocycles. The fourth-order valence-electron chi connectivity index (χ4n) is 2.78. The predicted octanol–water partition coefficient (Wildman–Crippen LogP) is 3.63. The summed E-state index contributed by atoms with van der Waals surface area (Å²) >= 11 is 0. The number of ether oxygens (including phenoxy) is 1. The highest BCUT2D eigenvalue weighted by atomic mass is 16.5. The van der Waals surface area contributed by atoms with Crippen molar-refractivity contribution in [2.24, 2.45) is 5.73 Å². The Hall–Kier alpha value is -1.02. The monoisotopic (exact) mass is 247 g/mol. The van der Waals surface area contributed by atoms with Crippen LogP contribution >= 0.6 is 0 Å². The zero-order chi connectivity index (χ0) is 13.2. The number of benzene rings is 1. The molecule has 18 heavy (non-hydrogen) atoms. The van der Waals surface area contributed by atoms with E-state index in [0.29, 0.717) is 6.54 Å². The Morgan fingerprint density at radius 2 is 1.78 bits per heavy atom. The van der Waals surface area contributed by atoms with Gasteiger partial charge in [0.25, 0.3) is 0 Å². The Labute approximate surface area is 111 Å². The summed E-state index contributed by atoms with van der Waals surface area (Å²) in [6.45, 7) is 7.28. The second-order valence-corrected chi connectivity index (χ2v) is 6.44. The molecule has 0 aromatic heterocycles. The van der Waals surface area contributed by atoms with Gasteiger partial charge in [0.15, 0.2) is 0 Å². The minimum Gasteiger partial charge on any atom is -0.486 e. The molecule has 0 atom stereocenters. The number of hydrogen-bond acceptors (Lipinski definition) is 2. The average Bonchev–Trinajstić information content (AvgIpc) is 2.78. The molecule has 0 heterocycles. The van der Waals surface area contributed by atoms with Crippen molar-refractivity contribution in [1.82, 2.24) is 0 Å². The smallest absolute Gasteiger partial charge is 0.123 e. The third-order valence-electron chi connectivity index (χ3n) is 3.91. The SMILES string of the molecule is CC(C)(C)c1ccccc1OC1(CN)CCCC1. The van der Waals surface area contributed by atoms with Gasteiger partial charge in [-0.25, -0.2) is 0 Å². The normalized spacial score (nSPS) is 18.9. The molecule has 0 aliphatic heterocycles. The fourth-order valence-corrected chi connectivity index (χ4v) is 2.78. The van der Waals surface area contributed by atoms with Gasteiger partial charge in [0.2, 0.25) is 0 Å². The molecule has 2 rings (SSSR count). The highest BCUT2D eigenvalue weighted by molar-refractivity contribution is 5.38. The van der Waals surface area contributed by atoms with Crippen molar-refractivity contribution in [3.8, 4) is 5.75 Å². The van der Waals surface area contributed by atoms with Crippen LogP contribution < -0.4 is 10.5 Å². The molecule has 1 aromatic rings. The molecule has 1 aliphatic rings. The first-order valence-electron chi connectivity index (χ1n) is 6.95. The van der Waals surface area contributed by atoms with E-state index in [4.69, 9.17) is 10.5 Å². The maximum absolute atomic E-state index is 6.34. The summed E-state index contributed by atoms with van der Waals surface area (Å²) in [6, 6.07) is 8.37. The van der Waals surface area contributed by atoms with E-state index < -0.39 is 0 Å². The summed E-state index contributed by atoms with van der Waals surface area (Å²) in [6.07, 6.45) is 4.63. The molecule has 0 radical (unpaired) electrons. The highest BCUT2D eigenvalue weighted by Crippen LogP contribution is 2.38. The summed E-state index contributed by atoms with van der Waals surface area (Å²) in [5, 5.41) is 0. The van der Waals surface area contributed by atoms with Gasteiger partial charge in [-0.3, -0.25) is 0 Å². The average molecular weight is 247 g/mol. The number of nitrogens with two attached hydrogens (primary N) is 1. The van der Waals surface area contributed by atoms with Crippen LogP contribution in [-0.2, 0) is 5.41 Å². The zero-order valence-electron chi connectivity index (χ0n) is 11.8. The minimum atomic E-state index is -0.124. The maximum atomic E-state index is 6.34. The summed E-state index contributed by atoms with van der Waals surface area (Å²) in [5.74, 6) is 1.01. The largest absolute Gasteiger partial charge is 0.486 e. The van der Waals surface area contributed by atoms with Gasteiger partial charge in [-0.05, 0) is 42.7 Å². The lowest BCUT2D eigenvalue weighted by molar-refractivity contribution is 0.0829. The van der Waals surface area contributed by atoms with Crippen molar-refractivity contribution in [2.75, 3.05) is 6.54 Å². The topological polar surface area (TPSA) is 35.2 Å². The third-order valence-corrected chi connectivity index (χ3v) is 3.91. The second kappa shape index (κ2) is 4.93. The molecule has 0 unspecified atom stereocenters. The van der Waals surface area contributed by atoms with Crippen LogP contribution in [0.15, 0.2) is 24.3 Å². The molecule has 0 saturated heterocycles. The Bertz CT molecular complexity index is 400. The van der Waals surface area contributed by atoms with E-state index in [-0.39, 0.29) is 11.0 Å². The van der Waals surface area contributed by atoms with E-state index in [0.717, 1.165) is 18.6 Å². The van der Waals surface area contributed by atoms with Crippen LogP contribution in [0.25, 0.3) is 0 Å². The second-order valence-electron chi connectivity index (χ2n) is 6.44. The lowest BCUT2D eigenvalue weighted by Gasteiger charge is -2.32. The first-order valence-corrected chi connectivity index (χ1v) is 6.95. The molecule has 2 N–H and O–H groups in total. The summed E-state index contributed by atoms with van der Waals surface area (Å²) < 4.78 is 6.34. The maximum Gasteiger partial charge on any atom is 0.123 e. The van der Waals surface area contributed by atoms with E-state index in [1.165, 1.54) is 18.4 Å². The van der Waals surface area contributed by atoms with E-state index in [1.807, 2.05) is 6.07 Å². The van der Waals surface area contributed by atoms with Crippen LogP contribution in [0.1, 0.15) is 52.0 Å². The van der Waals surface area contributed by atoms with Gasteiger partial charge in [0.1, 0.15) is 11.4 Å². The Balaban J connectivity index is 2.29. The molecular formula is C16H25NO.